The molecular weight excluding hydrogens is 216 g/mol. The Morgan fingerprint density at radius 3 is 2.71 bits per heavy atom. The molecule has 1 aromatic carbocycles. The summed E-state index contributed by atoms with van der Waals surface area (Å²) in [5, 5.41) is 0. The number of rotatable bonds is 3. The number of nitrogens with zero attached hydrogens (tertiary/aromatic N) is 1. The number of hydrogen-bond acceptors (Lipinski definition) is 3. The zero-order valence-corrected chi connectivity index (χ0v) is 10.1. The molecular formula is C13H18N2O2. The first-order chi connectivity index (χ1) is 8.20. The van der Waals surface area contributed by atoms with Crippen molar-refractivity contribution in [3.63, 3.8) is 0 Å². The fourth-order valence-corrected chi connectivity index (χ4v) is 2.24. The minimum atomic E-state index is -0.191. The van der Waals surface area contributed by atoms with Gasteiger partial charge >= 0.3 is 0 Å². The fourth-order valence-electron chi connectivity index (χ4n) is 2.24. The van der Waals surface area contributed by atoms with E-state index in [0.717, 1.165) is 37.4 Å². The van der Waals surface area contributed by atoms with Crippen LogP contribution in [0.2, 0.25) is 0 Å². The molecule has 1 aliphatic rings. The van der Waals surface area contributed by atoms with Gasteiger partial charge in [-0.15, -0.1) is 0 Å². The molecule has 1 amide bonds. The Morgan fingerprint density at radius 1 is 1.41 bits per heavy atom. The van der Waals surface area contributed by atoms with Gasteiger partial charge in [0.15, 0.2) is 0 Å². The summed E-state index contributed by atoms with van der Waals surface area (Å²) in [5.74, 6) is 0.631. The lowest BCUT2D eigenvalue weighted by atomic mass is 9.97. The predicted octanol–water partition coefficient (Wildman–Crippen LogP) is 1.40. The van der Waals surface area contributed by atoms with Gasteiger partial charge in [-0.1, -0.05) is 0 Å². The van der Waals surface area contributed by atoms with Crippen molar-refractivity contribution in [3.05, 3.63) is 24.3 Å². The summed E-state index contributed by atoms with van der Waals surface area (Å²) in [6.07, 6.45) is 1.92. The number of benzene rings is 1. The lowest BCUT2D eigenvalue weighted by molar-refractivity contribution is -0.122. The third-order valence-electron chi connectivity index (χ3n) is 3.26. The first-order valence-electron chi connectivity index (χ1n) is 5.89. The molecule has 0 spiro atoms. The molecule has 1 atom stereocenters. The zero-order valence-electron chi connectivity index (χ0n) is 10.1. The number of ether oxygens (including phenoxy) is 1. The molecule has 0 aliphatic carbocycles. The number of carbonyl (C=O) groups excluding carboxylic acids is 1. The lowest BCUT2D eigenvalue weighted by Crippen LogP contribution is -2.41. The average molecular weight is 234 g/mol. The van der Waals surface area contributed by atoms with Crippen molar-refractivity contribution in [3.8, 4) is 5.75 Å². The minimum Gasteiger partial charge on any atom is -0.497 e. The van der Waals surface area contributed by atoms with Crippen molar-refractivity contribution in [2.24, 2.45) is 11.7 Å². The Labute approximate surface area is 101 Å². The molecule has 4 heteroatoms. The summed E-state index contributed by atoms with van der Waals surface area (Å²) < 4.78 is 5.12. The van der Waals surface area contributed by atoms with Gasteiger partial charge in [0.1, 0.15) is 5.75 Å². The highest BCUT2D eigenvalue weighted by molar-refractivity contribution is 5.77. The number of carbonyl (C=O) groups is 1. The average Bonchev–Trinajstić information content (AvgIpc) is 2.39. The Kier molecular flexibility index (Phi) is 3.52. The minimum absolute atomic E-state index is 0.0224. The molecule has 92 valence electrons. The van der Waals surface area contributed by atoms with E-state index in [1.54, 1.807) is 7.11 Å². The summed E-state index contributed by atoms with van der Waals surface area (Å²) in [6, 6.07) is 7.90. The lowest BCUT2D eigenvalue weighted by Gasteiger charge is -2.33. The summed E-state index contributed by atoms with van der Waals surface area (Å²) in [5.41, 5.74) is 6.49. The second kappa shape index (κ2) is 5.08. The number of piperidine rings is 1. The topological polar surface area (TPSA) is 55.6 Å². The van der Waals surface area contributed by atoms with E-state index >= 15 is 0 Å². The Bertz CT molecular complexity index is 389. The number of hydrogen-bond donors (Lipinski definition) is 1. The smallest absolute Gasteiger partial charge is 0.222 e. The van der Waals surface area contributed by atoms with Crippen LogP contribution in [0.3, 0.4) is 0 Å². The third-order valence-corrected chi connectivity index (χ3v) is 3.26. The third kappa shape index (κ3) is 2.70. The van der Waals surface area contributed by atoms with Crippen LogP contribution < -0.4 is 15.4 Å². The van der Waals surface area contributed by atoms with Crippen LogP contribution in [0.4, 0.5) is 5.69 Å². The van der Waals surface area contributed by atoms with Crippen LogP contribution in [-0.4, -0.2) is 26.1 Å². The van der Waals surface area contributed by atoms with Crippen LogP contribution >= 0.6 is 0 Å². The van der Waals surface area contributed by atoms with Crippen molar-refractivity contribution >= 4 is 11.6 Å². The van der Waals surface area contributed by atoms with E-state index in [4.69, 9.17) is 10.5 Å². The predicted molar refractivity (Wildman–Crippen MR) is 67.1 cm³/mol. The molecule has 4 nitrogen and oxygen atoms in total. The van der Waals surface area contributed by atoms with Crippen molar-refractivity contribution in [1.82, 2.24) is 0 Å². The SMILES string of the molecule is COc1ccc(N2CCCC(C(N)=O)C2)cc1. The van der Waals surface area contributed by atoms with E-state index in [1.807, 2.05) is 24.3 Å². The van der Waals surface area contributed by atoms with E-state index < -0.39 is 0 Å². The zero-order chi connectivity index (χ0) is 12.3. The first kappa shape index (κ1) is 11.8. The Balaban J connectivity index is 2.08. The van der Waals surface area contributed by atoms with E-state index in [9.17, 15) is 4.79 Å². The molecule has 2 N–H and O–H groups in total. The van der Waals surface area contributed by atoms with Crippen LogP contribution in [0.5, 0.6) is 5.75 Å². The quantitative estimate of drug-likeness (QED) is 0.860. The summed E-state index contributed by atoms with van der Waals surface area (Å²) in [4.78, 5) is 13.4. The number of methoxy groups -OCH3 is 1. The van der Waals surface area contributed by atoms with Gasteiger partial charge in [-0.05, 0) is 37.1 Å². The highest BCUT2D eigenvalue weighted by atomic mass is 16.5. The maximum absolute atomic E-state index is 11.2. The van der Waals surface area contributed by atoms with Gasteiger partial charge in [0.25, 0.3) is 0 Å². The van der Waals surface area contributed by atoms with Gasteiger partial charge < -0.3 is 15.4 Å². The fraction of sp³-hybridized carbons (Fsp3) is 0.462. The molecule has 1 aromatic rings. The molecule has 1 saturated heterocycles. The summed E-state index contributed by atoms with van der Waals surface area (Å²) in [6.45, 7) is 1.71. The summed E-state index contributed by atoms with van der Waals surface area (Å²) >= 11 is 0. The molecule has 0 aromatic heterocycles. The Morgan fingerprint density at radius 2 is 2.12 bits per heavy atom. The normalized spacial score (nSPS) is 20.1. The summed E-state index contributed by atoms with van der Waals surface area (Å²) in [7, 11) is 1.65. The van der Waals surface area contributed by atoms with Gasteiger partial charge in [-0.3, -0.25) is 4.79 Å². The van der Waals surface area contributed by atoms with Crippen LogP contribution in [0.25, 0.3) is 0 Å². The monoisotopic (exact) mass is 234 g/mol. The number of nitrogens with two attached hydrogens (primary N) is 1. The van der Waals surface area contributed by atoms with Crippen molar-refractivity contribution in [2.45, 2.75) is 12.8 Å². The number of primary amides is 1. The van der Waals surface area contributed by atoms with Crippen LogP contribution in [0.1, 0.15) is 12.8 Å². The van der Waals surface area contributed by atoms with Gasteiger partial charge in [-0.25, -0.2) is 0 Å². The molecule has 1 unspecified atom stereocenters. The van der Waals surface area contributed by atoms with E-state index in [-0.39, 0.29) is 11.8 Å². The molecule has 0 saturated carbocycles. The van der Waals surface area contributed by atoms with Gasteiger partial charge in [-0.2, -0.15) is 0 Å². The highest BCUT2D eigenvalue weighted by Crippen LogP contribution is 2.24. The first-order valence-corrected chi connectivity index (χ1v) is 5.89. The molecule has 17 heavy (non-hydrogen) atoms. The maximum atomic E-state index is 11.2. The van der Waals surface area contributed by atoms with Crippen LogP contribution in [0, 0.1) is 5.92 Å². The van der Waals surface area contributed by atoms with Gasteiger partial charge in [0.05, 0.1) is 13.0 Å². The Hall–Kier alpha value is -1.71. The van der Waals surface area contributed by atoms with Crippen molar-refractivity contribution in [1.29, 1.82) is 0 Å². The van der Waals surface area contributed by atoms with Crippen molar-refractivity contribution in [2.75, 3.05) is 25.1 Å². The second-order valence-electron chi connectivity index (χ2n) is 4.39. The second-order valence-corrected chi connectivity index (χ2v) is 4.39. The van der Waals surface area contributed by atoms with Gasteiger partial charge in [0, 0.05) is 18.8 Å². The van der Waals surface area contributed by atoms with E-state index in [0.29, 0.717) is 0 Å². The molecule has 1 fully saturated rings. The molecule has 0 radical (unpaired) electrons. The van der Waals surface area contributed by atoms with Gasteiger partial charge in [0.2, 0.25) is 5.91 Å². The largest absolute Gasteiger partial charge is 0.497 e. The number of anilines is 1. The van der Waals surface area contributed by atoms with E-state index in [2.05, 4.69) is 4.90 Å². The molecule has 1 heterocycles. The van der Waals surface area contributed by atoms with E-state index in [1.165, 1.54) is 0 Å². The maximum Gasteiger partial charge on any atom is 0.222 e. The molecule has 1 aliphatic heterocycles. The van der Waals surface area contributed by atoms with Crippen LogP contribution in [-0.2, 0) is 4.79 Å². The van der Waals surface area contributed by atoms with Crippen molar-refractivity contribution < 1.29 is 9.53 Å². The molecule has 0 bridgehead atoms. The number of amides is 1. The highest BCUT2D eigenvalue weighted by Gasteiger charge is 2.23. The standard InChI is InChI=1S/C13H18N2O2/c1-17-12-6-4-11(5-7-12)15-8-2-3-10(9-15)13(14)16/h4-7,10H,2-3,8-9H2,1H3,(H2,14,16). The molecule has 2 rings (SSSR count). The van der Waals surface area contributed by atoms with Crippen LogP contribution in [0.15, 0.2) is 24.3 Å².